The first-order chi connectivity index (χ1) is 11.9. The molecule has 1 fully saturated rings. The van der Waals surface area contributed by atoms with Crippen molar-refractivity contribution in [1.29, 1.82) is 5.26 Å². The van der Waals surface area contributed by atoms with E-state index in [0.29, 0.717) is 18.3 Å². The summed E-state index contributed by atoms with van der Waals surface area (Å²) in [4.78, 5) is 19.2. The molecule has 0 aliphatic carbocycles. The number of anilines is 1. The lowest BCUT2D eigenvalue weighted by Crippen LogP contribution is -2.55. The van der Waals surface area contributed by atoms with Gasteiger partial charge in [-0.05, 0) is 45.0 Å². The van der Waals surface area contributed by atoms with Crippen molar-refractivity contribution in [3.63, 3.8) is 0 Å². The molecule has 0 radical (unpaired) electrons. The van der Waals surface area contributed by atoms with Gasteiger partial charge in [-0.1, -0.05) is 0 Å². The van der Waals surface area contributed by atoms with Gasteiger partial charge in [0, 0.05) is 44.5 Å². The summed E-state index contributed by atoms with van der Waals surface area (Å²) in [6.07, 6.45) is 0.247. The van der Waals surface area contributed by atoms with Crippen molar-refractivity contribution in [1.82, 2.24) is 9.80 Å². The van der Waals surface area contributed by atoms with Crippen LogP contribution in [0.5, 0.6) is 0 Å². The Morgan fingerprint density at radius 3 is 2.24 bits per heavy atom. The number of nitrogens with zero attached hydrogens (tertiary/aromatic N) is 4. The van der Waals surface area contributed by atoms with E-state index in [9.17, 15) is 9.18 Å². The van der Waals surface area contributed by atoms with Crippen molar-refractivity contribution in [3.05, 3.63) is 30.1 Å². The zero-order valence-electron chi connectivity index (χ0n) is 15.3. The van der Waals surface area contributed by atoms with Gasteiger partial charge in [0.05, 0.1) is 18.5 Å². The highest BCUT2D eigenvalue weighted by Gasteiger charge is 2.29. The quantitative estimate of drug-likeness (QED) is 0.794. The van der Waals surface area contributed by atoms with E-state index in [1.54, 1.807) is 17.0 Å². The Balaban J connectivity index is 2.08. The summed E-state index contributed by atoms with van der Waals surface area (Å²) in [6.45, 7) is 10.2. The van der Waals surface area contributed by atoms with Crippen molar-refractivity contribution in [2.75, 3.05) is 37.6 Å². The summed E-state index contributed by atoms with van der Waals surface area (Å²) in [5.41, 5.74) is 0.634. The highest BCUT2D eigenvalue weighted by molar-refractivity contribution is 5.97. The van der Waals surface area contributed by atoms with Gasteiger partial charge in [-0.3, -0.25) is 14.6 Å². The molecular formula is C19H27FN4O. The second-order valence-corrected chi connectivity index (χ2v) is 6.72. The van der Waals surface area contributed by atoms with Gasteiger partial charge in [-0.2, -0.15) is 5.26 Å². The molecule has 0 saturated carbocycles. The highest BCUT2D eigenvalue weighted by Crippen LogP contribution is 2.19. The molecule has 1 saturated heterocycles. The number of nitriles is 1. The normalized spacial score (nSPS) is 17.3. The minimum absolute atomic E-state index is 0.0418. The molecular weight excluding hydrogens is 319 g/mol. The minimum atomic E-state index is -0.339. The third kappa shape index (κ3) is 5.00. The predicted octanol–water partition coefficient (Wildman–Crippen LogP) is 2.49. The topological polar surface area (TPSA) is 50.6 Å². The summed E-state index contributed by atoms with van der Waals surface area (Å²) < 4.78 is 13.2. The van der Waals surface area contributed by atoms with E-state index >= 15 is 0 Å². The van der Waals surface area contributed by atoms with Crippen molar-refractivity contribution in [2.45, 2.75) is 39.3 Å². The van der Waals surface area contributed by atoms with Gasteiger partial charge in [-0.25, -0.2) is 4.39 Å². The Morgan fingerprint density at radius 1 is 1.16 bits per heavy atom. The van der Waals surface area contributed by atoms with Crippen molar-refractivity contribution in [3.8, 4) is 6.07 Å². The molecule has 1 aliphatic rings. The third-order valence-corrected chi connectivity index (χ3v) is 4.84. The average Bonchev–Trinajstić information content (AvgIpc) is 2.62. The highest BCUT2D eigenvalue weighted by atomic mass is 19.1. The molecule has 0 aromatic heterocycles. The van der Waals surface area contributed by atoms with Crippen LogP contribution in [0.15, 0.2) is 24.3 Å². The maximum Gasteiger partial charge on any atom is 0.244 e. The predicted molar refractivity (Wildman–Crippen MR) is 96.7 cm³/mol. The summed E-state index contributed by atoms with van der Waals surface area (Å²) in [5, 5.41) is 8.89. The Kier molecular flexibility index (Phi) is 6.91. The number of carbonyl (C=O) groups excluding carboxylic acids is 1. The summed E-state index contributed by atoms with van der Waals surface area (Å²) in [7, 11) is 0. The monoisotopic (exact) mass is 346 g/mol. The van der Waals surface area contributed by atoms with Gasteiger partial charge < -0.3 is 4.90 Å². The van der Waals surface area contributed by atoms with E-state index in [1.165, 1.54) is 12.1 Å². The molecule has 1 heterocycles. The summed E-state index contributed by atoms with van der Waals surface area (Å²) in [6, 6.07) is 8.20. The zero-order valence-corrected chi connectivity index (χ0v) is 15.3. The molecule has 1 aliphatic heterocycles. The Hall–Kier alpha value is -1.97. The van der Waals surface area contributed by atoms with E-state index in [4.69, 9.17) is 5.26 Å². The van der Waals surface area contributed by atoms with Gasteiger partial charge >= 0.3 is 0 Å². The van der Waals surface area contributed by atoms with Gasteiger partial charge in [0.1, 0.15) is 5.82 Å². The number of hydrogen-bond donors (Lipinski definition) is 0. The van der Waals surface area contributed by atoms with E-state index < -0.39 is 0 Å². The fourth-order valence-electron chi connectivity index (χ4n) is 3.17. The molecule has 25 heavy (non-hydrogen) atoms. The Morgan fingerprint density at radius 2 is 1.72 bits per heavy atom. The molecule has 1 aromatic carbocycles. The first-order valence-corrected chi connectivity index (χ1v) is 8.86. The van der Waals surface area contributed by atoms with Crippen LogP contribution in [0.2, 0.25) is 0 Å². The largest absolute Gasteiger partial charge is 0.310 e. The fourth-order valence-corrected chi connectivity index (χ4v) is 3.17. The number of rotatable bonds is 6. The molecule has 1 unspecified atom stereocenters. The van der Waals surface area contributed by atoms with Crippen LogP contribution in [-0.4, -0.2) is 60.5 Å². The Labute approximate surface area is 149 Å². The van der Waals surface area contributed by atoms with E-state index in [1.807, 2.05) is 6.92 Å². The number of piperazine rings is 1. The number of amides is 1. The zero-order chi connectivity index (χ0) is 18.4. The number of hydrogen-bond acceptors (Lipinski definition) is 4. The van der Waals surface area contributed by atoms with Crippen LogP contribution in [-0.2, 0) is 4.79 Å². The minimum Gasteiger partial charge on any atom is -0.310 e. The maximum atomic E-state index is 13.2. The molecule has 0 spiro atoms. The molecule has 6 heteroatoms. The molecule has 0 bridgehead atoms. The molecule has 5 nitrogen and oxygen atoms in total. The van der Waals surface area contributed by atoms with Crippen LogP contribution in [0.25, 0.3) is 0 Å². The molecule has 2 rings (SSSR count). The van der Waals surface area contributed by atoms with Gasteiger partial charge in [0.2, 0.25) is 5.91 Å². The second-order valence-electron chi connectivity index (χ2n) is 6.72. The van der Waals surface area contributed by atoms with Crippen molar-refractivity contribution < 1.29 is 9.18 Å². The van der Waals surface area contributed by atoms with E-state index in [-0.39, 0.29) is 24.2 Å². The third-order valence-electron chi connectivity index (χ3n) is 4.84. The lowest BCUT2D eigenvalue weighted by Gasteiger charge is -2.40. The van der Waals surface area contributed by atoms with Crippen LogP contribution in [0.3, 0.4) is 0 Å². The van der Waals surface area contributed by atoms with Crippen LogP contribution < -0.4 is 4.90 Å². The summed E-state index contributed by atoms with van der Waals surface area (Å²) in [5.74, 6) is -0.380. The van der Waals surface area contributed by atoms with Gasteiger partial charge in [0.15, 0.2) is 0 Å². The maximum absolute atomic E-state index is 13.2. The number of carbonyl (C=O) groups is 1. The Bertz CT molecular complexity index is 603. The second kappa shape index (κ2) is 8.93. The van der Waals surface area contributed by atoms with Crippen LogP contribution >= 0.6 is 0 Å². The molecule has 136 valence electrons. The SMILES string of the molecule is CC(C)N1CCN(C(C)C(=O)N(CCC#N)c2ccc(F)cc2)CC1. The summed E-state index contributed by atoms with van der Waals surface area (Å²) >= 11 is 0. The van der Waals surface area contributed by atoms with Gasteiger partial charge in [0.25, 0.3) is 0 Å². The molecule has 1 aromatic rings. The first kappa shape index (κ1) is 19.4. The van der Waals surface area contributed by atoms with Crippen molar-refractivity contribution in [2.24, 2.45) is 0 Å². The molecule has 1 atom stereocenters. The van der Waals surface area contributed by atoms with E-state index in [0.717, 1.165) is 26.2 Å². The smallest absolute Gasteiger partial charge is 0.244 e. The standard InChI is InChI=1S/C19H27FN4O/c1-15(2)22-11-13-23(14-12-22)16(3)19(25)24(10-4-9-21)18-7-5-17(20)6-8-18/h5-8,15-16H,4,10-14H2,1-3H3. The molecule has 0 N–H and O–H groups in total. The number of benzene rings is 1. The lowest BCUT2D eigenvalue weighted by atomic mass is 10.1. The average molecular weight is 346 g/mol. The lowest BCUT2D eigenvalue weighted by molar-refractivity contribution is -0.124. The van der Waals surface area contributed by atoms with Crippen LogP contribution in [0.4, 0.5) is 10.1 Å². The van der Waals surface area contributed by atoms with Gasteiger partial charge in [-0.15, -0.1) is 0 Å². The van der Waals surface area contributed by atoms with Crippen molar-refractivity contribution >= 4 is 11.6 Å². The van der Waals surface area contributed by atoms with E-state index in [2.05, 4.69) is 29.7 Å². The molecule has 1 amide bonds. The van der Waals surface area contributed by atoms with Crippen LogP contribution in [0, 0.1) is 17.1 Å². The van der Waals surface area contributed by atoms with Crippen LogP contribution in [0.1, 0.15) is 27.2 Å². The number of halogens is 1. The fraction of sp³-hybridized carbons (Fsp3) is 0.579. The first-order valence-electron chi connectivity index (χ1n) is 8.86.